The molecule has 90 valence electrons. The molecule has 0 aromatic carbocycles. The van der Waals surface area contributed by atoms with Gasteiger partial charge >= 0.3 is 0 Å². The van der Waals surface area contributed by atoms with Crippen molar-refractivity contribution in [3.63, 3.8) is 0 Å². The zero-order valence-corrected chi connectivity index (χ0v) is 10.4. The highest BCUT2D eigenvalue weighted by Gasteiger charge is 2.33. The fourth-order valence-corrected chi connectivity index (χ4v) is 1.92. The Balaban J connectivity index is 0.000000921. The third kappa shape index (κ3) is 5.14. The third-order valence-electron chi connectivity index (χ3n) is 2.92. The fraction of sp³-hybridized carbons (Fsp3) is 0.917. The first-order valence-corrected chi connectivity index (χ1v) is 6.02. The molecule has 1 fully saturated rings. The smallest absolute Gasteiger partial charge is 0.217 e. The first-order chi connectivity index (χ1) is 7.06. The van der Waals surface area contributed by atoms with Gasteiger partial charge in [-0.1, -0.05) is 20.8 Å². The molecule has 3 heteroatoms. The van der Waals surface area contributed by atoms with Gasteiger partial charge in [0.25, 0.3) is 0 Å². The topological polar surface area (TPSA) is 29.1 Å². The van der Waals surface area contributed by atoms with Crippen molar-refractivity contribution in [3.8, 4) is 0 Å². The van der Waals surface area contributed by atoms with Crippen LogP contribution in [0.15, 0.2) is 0 Å². The molecule has 1 amide bonds. The van der Waals surface area contributed by atoms with E-state index < -0.39 is 5.67 Å². The molecule has 1 N–H and O–H groups in total. The van der Waals surface area contributed by atoms with Crippen molar-refractivity contribution in [2.75, 3.05) is 0 Å². The van der Waals surface area contributed by atoms with E-state index in [4.69, 9.17) is 0 Å². The molecule has 0 unspecified atom stereocenters. The van der Waals surface area contributed by atoms with Crippen molar-refractivity contribution >= 4 is 5.91 Å². The highest BCUT2D eigenvalue weighted by Crippen LogP contribution is 2.34. The van der Waals surface area contributed by atoms with Crippen LogP contribution in [-0.2, 0) is 4.79 Å². The highest BCUT2D eigenvalue weighted by molar-refractivity contribution is 5.73. The quantitative estimate of drug-likeness (QED) is 0.756. The molecule has 0 spiro atoms. The van der Waals surface area contributed by atoms with Gasteiger partial charge in [-0.2, -0.15) is 0 Å². The molecule has 1 aliphatic carbocycles. The van der Waals surface area contributed by atoms with Crippen molar-refractivity contribution in [2.24, 2.45) is 0 Å². The lowest BCUT2D eigenvalue weighted by atomic mass is 9.82. The van der Waals surface area contributed by atoms with Gasteiger partial charge in [-0.3, -0.25) is 4.79 Å². The zero-order chi connectivity index (χ0) is 11.9. The van der Waals surface area contributed by atoms with Gasteiger partial charge in [0.15, 0.2) is 0 Å². The van der Waals surface area contributed by atoms with Crippen LogP contribution >= 0.6 is 0 Å². The number of carbonyl (C=O) groups is 1. The average molecular weight is 217 g/mol. The summed E-state index contributed by atoms with van der Waals surface area (Å²) in [6, 6.07) is 0.202. The summed E-state index contributed by atoms with van der Waals surface area (Å²) in [4.78, 5) is 10.7. The molecule has 0 saturated heterocycles. The molecule has 0 aliphatic heterocycles. The summed E-state index contributed by atoms with van der Waals surface area (Å²) in [7, 11) is 0. The molecule has 0 bridgehead atoms. The first-order valence-electron chi connectivity index (χ1n) is 6.02. The second-order valence-electron chi connectivity index (χ2n) is 3.98. The summed E-state index contributed by atoms with van der Waals surface area (Å²) in [5.41, 5.74) is -0.963. The molecule has 0 aromatic heterocycles. The van der Waals surface area contributed by atoms with Gasteiger partial charge in [0.1, 0.15) is 5.67 Å². The summed E-state index contributed by atoms with van der Waals surface area (Å²) in [5, 5.41) is 2.84. The van der Waals surface area contributed by atoms with Crippen molar-refractivity contribution < 1.29 is 9.18 Å². The Morgan fingerprint density at radius 1 is 1.40 bits per heavy atom. The maximum absolute atomic E-state index is 13.7. The number of hydrogen-bond donors (Lipinski definition) is 1. The standard InChI is InChI=1S/C10H18FNO.C2H6/c1-3-10(11)6-4-9(5-7-10)12-8(2)13;1-2/h9H,3-7H2,1-2H3,(H,12,13);1-2H3. The molecule has 1 saturated carbocycles. The largest absolute Gasteiger partial charge is 0.354 e. The summed E-state index contributed by atoms with van der Waals surface area (Å²) in [6.45, 7) is 7.40. The lowest BCUT2D eigenvalue weighted by molar-refractivity contribution is -0.120. The highest BCUT2D eigenvalue weighted by atomic mass is 19.1. The number of nitrogens with one attached hydrogen (secondary N) is 1. The van der Waals surface area contributed by atoms with Crippen LogP contribution in [0.3, 0.4) is 0 Å². The van der Waals surface area contributed by atoms with E-state index in [-0.39, 0.29) is 11.9 Å². The van der Waals surface area contributed by atoms with Crippen LogP contribution in [0.25, 0.3) is 0 Å². The lowest BCUT2D eigenvalue weighted by Crippen LogP contribution is -2.40. The zero-order valence-electron chi connectivity index (χ0n) is 10.4. The van der Waals surface area contributed by atoms with Crippen LogP contribution in [0, 0.1) is 0 Å². The van der Waals surface area contributed by atoms with Crippen molar-refractivity contribution in [1.82, 2.24) is 5.32 Å². The van der Waals surface area contributed by atoms with E-state index in [1.54, 1.807) is 0 Å². The lowest BCUT2D eigenvalue weighted by Gasteiger charge is -2.33. The molecule has 2 nitrogen and oxygen atoms in total. The van der Waals surface area contributed by atoms with E-state index in [9.17, 15) is 9.18 Å². The number of amides is 1. The van der Waals surface area contributed by atoms with Crippen molar-refractivity contribution in [1.29, 1.82) is 0 Å². The predicted octanol–water partition coefficient (Wildman–Crippen LogP) is 3.21. The van der Waals surface area contributed by atoms with E-state index in [1.807, 2.05) is 20.8 Å². The van der Waals surface area contributed by atoms with Crippen molar-refractivity contribution in [3.05, 3.63) is 0 Å². The van der Waals surface area contributed by atoms with Crippen LogP contribution in [0.5, 0.6) is 0 Å². The van der Waals surface area contributed by atoms with E-state index in [0.717, 1.165) is 12.8 Å². The summed E-state index contributed by atoms with van der Waals surface area (Å²) in [6.07, 6.45) is 3.34. The van der Waals surface area contributed by atoms with Gasteiger partial charge in [0.05, 0.1) is 0 Å². The van der Waals surface area contributed by atoms with Gasteiger partial charge in [0, 0.05) is 13.0 Å². The summed E-state index contributed by atoms with van der Waals surface area (Å²) in [5.74, 6) is -0.00661. The summed E-state index contributed by atoms with van der Waals surface area (Å²) >= 11 is 0. The second-order valence-corrected chi connectivity index (χ2v) is 3.98. The monoisotopic (exact) mass is 217 g/mol. The summed E-state index contributed by atoms with van der Waals surface area (Å²) < 4.78 is 13.7. The third-order valence-corrected chi connectivity index (χ3v) is 2.92. The molecule has 1 rings (SSSR count). The first kappa shape index (κ1) is 14.4. The number of halogens is 1. The van der Waals surface area contributed by atoms with E-state index >= 15 is 0 Å². The van der Waals surface area contributed by atoms with Crippen LogP contribution < -0.4 is 5.32 Å². The minimum absolute atomic E-state index is 0.00661. The molecule has 0 aromatic rings. The molecule has 0 radical (unpaired) electrons. The van der Waals surface area contributed by atoms with Gasteiger partial charge in [-0.25, -0.2) is 4.39 Å². The molecular weight excluding hydrogens is 193 g/mol. The van der Waals surface area contributed by atoms with E-state index in [1.165, 1.54) is 6.92 Å². The molecular formula is C12H24FNO. The maximum Gasteiger partial charge on any atom is 0.217 e. The Morgan fingerprint density at radius 2 is 1.87 bits per heavy atom. The molecule has 15 heavy (non-hydrogen) atoms. The maximum atomic E-state index is 13.7. The fourth-order valence-electron chi connectivity index (χ4n) is 1.92. The van der Waals surface area contributed by atoms with E-state index in [2.05, 4.69) is 5.32 Å². The Hall–Kier alpha value is -0.600. The Bertz CT molecular complexity index is 186. The number of rotatable bonds is 2. The molecule has 0 atom stereocenters. The van der Waals surface area contributed by atoms with Crippen LogP contribution in [0.4, 0.5) is 4.39 Å². The van der Waals surface area contributed by atoms with Gasteiger partial charge < -0.3 is 5.32 Å². The van der Waals surface area contributed by atoms with Gasteiger partial charge in [-0.15, -0.1) is 0 Å². The number of alkyl halides is 1. The van der Waals surface area contributed by atoms with Gasteiger partial charge in [0.2, 0.25) is 5.91 Å². The van der Waals surface area contributed by atoms with Crippen LogP contribution in [0.2, 0.25) is 0 Å². The number of hydrogen-bond acceptors (Lipinski definition) is 1. The Morgan fingerprint density at radius 3 is 2.20 bits per heavy atom. The minimum atomic E-state index is -0.963. The Kier molecular flexibility index (Phi) is 6.53. The Labute approximate surface area is 92.6 Å². The molecule has 0 heterocycles. The van der Waals surface area contributed by atoms with E-state index in [0.29, 0.717) is 19.3 Å². The minimum Gasteiger partial charge on any atom is -0.354 e. The van der Waals surface area contributed by atoms with Crippen molar-refractivity contribution in [2.45, 2.75) is 71.5 Å². The number of carbonyl (C=O) groups excluding carboxylic acids is 1. The van der Waals surface area contributed by atoms with Gasteiger partial charge in [-0.05, 0) is 32.1 Å². The molecule has 1 aliphatic rings. The SMILES string of the molecule is CC.CCC1(F)CCC(NC(C)=O)CC1. The van der Waals surface area contributed by atoms with Crippen LogP contribution in [-0.4, -0.2) is 17.6 Å². The average Bonchev–Trinajstić information content (AvgIpc) is 2.24. The van der Waals surface area contributed by atoms with Crippen LogP contribution in [0.1, 0.15) is 59.8 Å². The second kappa shape index (κ2) is 6.81. The normalized spacial score (nSPS) is 30.1. The predicted molar refractivity (Wildman–Crippen MR) is 61.6 cm³/mol.